The molecule has 45 heavy (non-hydrogen) atoms. The second kappa shape index (κ2) is 12.4. The monoisotopic (exact) mass is 713 g/mol. The highest BCUT2D eigenvalue weighted by atomic mass is 32.7. The lowest BCUT2D eigenvalue weighted by atomic mass is 10.1. The molecule has 4 aromatic rings. The quantitative estimate of drug-likeness (QED) is 0.0874. The van der Waals surface area contributed by atoms with Crippen molar-refractivity contribution >= 4 is 66.3 Å². The van der Waals surface area contributed by atoms with Crippen LogP contribution in [0.5, 0.6) is 0 Å². The number of alkyl halides is 2. The van der Waals surface area contributed by atoms with E-state index < -0.39 is 87.5 Å². The van der Waals surface area contributed by atoms with Crippen LogP contribution >= 0.6 is 26.2 Å². The summed E-state index contributed by atoms with van der Waals surface area (Å²) >= 11 is 8.75. The van der Waals surface area contributed by atoms with Crippen LogP contribution < -0.4 is 16.9 Å². The van der Waals surface area contributed by atoms with Gasteiger partial charge in [-0.15, -0.1) is 9.62 Å². The molecule has 6 rings (SSSR count). The second-order valence-corrected chi connectivity index (χ2v) is 14.0. The van der Waals surface area contributed by atoms with Crippen molar-refractivity contribution in [3.63, 3.8) is 0 Å². The van der Waals surface area contributed by atoms with E-state index in [2.05, 4.69) is 47.5 Å². The molecule has 4 aromatic heterocycles. The molecule has 6 heterocycles. The van der Waals surface area contributed by atoms with Gasteiger partial charge < -0.3 is 34.7 Å². The first kappa shape index (κ1) is 32.1. The fourth-order valence-corrected chi connectivity index (χ4v) is 7.05. The third-order valence-electron chi connectivity index (χ3n) is 6.81. The van der Waals surface area contributed by atoms with Crippen LogP contribution in [0.1, 0.15) is 12.5 Å². The summed E-state index contributed by atoms with van der Waals surface area (Å²) in [5.41, 5.74) is 3.64. The average Bonchev–Trinajstić information content (AvgIpc) is 3.73. The number of halogens is 2. The maximum Gasteiger partial charge on any atom is 0.582 e. The van der Waals surface area contributed by atoms with E-state index in [1.165, 1.54) is 0 Å². The van der Waals surface area contributed by atoms with Crippen molar-refractivity contribution in [3.05, 3.63) is 33.4 Å². The molecule has 242 valence electrons. The maximum absolute atomic E-state index is 15.6. The second-order valence-electron chi connectivity index (χ2n) is 9.56. The van der Waals surface area contributed by atoms with E-state index in [-0.39, 0.29) is 28.3 Å². The number of hydrogen-bond donors (Lipinski definition) is 6. The Labute approximate surface area is 258 Å². The third kappa shape index (κ3) is 6.03. The van der Waals surface area contributed by atoms with Gasteiger partial charge in [0.05, 0.1) is 25.9 Å². The van der Waals surface area contributed by atoms with Crippen molar-refractivity contribution in [2.24, 2.45) is 0 Å². The third-order valence-corrected chi connectivity index (χ3v) is 9.08. The number of aliphatic hydroxyl groups excluding tert-OH is 1. The Balaban J connectivity index is 1.23. The van der Waals surface area contributed by atoms with Gasteiger partial charge in [0.2, 0.25) is 5.95 Å². The number of anilines is 1. The van der Waals surface area contributed by atoms with Gasteiger partial charge in [-0.2, -0.15) is 9.67 Å². The topological polar surface area (TPSA) is 270 Å². The molecule has 0 aliphatic carbocycles. The van der Waals surface area contributed by atoms with E-state index in [0.29, 0.717) is 0 Å². The van der Waals surface area contributed by atoms with E-state index in [4.69, 9.17) is 40.6 Å². The lowest BCUT2D eigenvalue weighted by molar-refractivity contribution is -0.0561. The highest BCUT2D eigenvalue weighted by Gasteiger charge is 2.53. The molecule has 10 atom stereocenters. The number of aromatic amines is 2. The van der Waals surface area contributed by atoms with Gasteiger partial charge in [0, 0.05) is 0 Å². The zero-order valence-corrected chi connectivity index (χ0v) is 25.6. The number of rotatable bonds is 10. The highest BCUT2D eigenvalue weighted by Crippen LogP contribution is 2.51. The largest absolute Gasteiger partial charge is 0.582 e. The normalized spacial score (nSPS) is 30.3. The summed E-state index contributed by atoms with van der Waals surface area (Å²) in [7, 11) is -2.69. The SMILES string of the molecule is Nc1nc2c(ncn2[C@@H]2O[C@H](CO)[C@H](F)[C@H]2OP(O)(=S)OC[C@H]2O[C@@H](n3nnc4c(=O)[nH]cnc43)[C@@H](F)[C@@H]2O[P+](=O)S)c(=O)[nH]1. The van der Waals surface area contributed by atoms with Crippen LogP contribution in [0.2, 0.25) is 0 Å². The van der Waals surface area contributed by atoms with Crippen molar-refractivity contribution in [1.29, 1.82) is 0 Å². The predicted octanol–water partition coefficient (Wildman–Crippen LogP) is -0.716. The van der Waals surface area contributed by atoms with Gasteiger partial charge in [-0.1, -0.05) is 5.21 Å². The molecule has 20 nitrogen and oxygen atoms in total. The summed E-state index contributed by atoms with van der Waals surface area (Å²) in [6.07, 6.45) is -11.4. The molecule has 2 fully saturated rings. The van der Waals surface area contributed by atoms with E-state index >= 15 is 8.78 Å². The number of fused-ring (bicyclic) bond motifs is 2. The van der Waals surface area contributed by atoms with E-state index in [1.54, 1.807) is 0 Å². The van der Waals surface area contributed by atoms with Crippen molar-refractivity contribution < 1.29 is 46.4 Å². The summed E-state index contributed by atoms with van der Waals surface area (Å²) in [5.74, 6) is -0.280. The smallest absolute Gasteiger partial charge is 0.394 e. The molecular weight excluding hydrogens is 692 g/mol. The minimum absolute atomic E-state index is 0.120. The van der Waals surface area contributed by atoms with Gasteiger partial charge in [0.1, 0.15) is 30.6 Å². The number of hydrogen-bond acceptors (Lipinski definition) is 16. The molecule has 0 radical (unpaired) electrons. The van der Waals surface area contributed by atoms with E-state index in [9.17, 15) is 24.2 Å². The molecular formula is C19H21F2N10O10P2S2+. The minimum atomic E-state index is -4.45. The van der Waals surface area contributed by atoms with Crippen LogP contribution in [0.25, 0.3) is 22.3 Å². The van der Waals surface area contributed by atoms with Gasteiger partial charge in [-0.3, -0.25) is 23.7 Å². The fourth-order valence-electron chi connectivity index (χ4n) is 4.86. The Bertz CT molecular complexity index is 1930. The van der Waals surface area contributed by atoms with Crippen molar-refractivity contribution in [1.82, 2.24) is 44.5 Å². The zero-order chi connectivity index (χ0) is 32.2. The Morgan fingerprint density at radius 2 is 1.89 bits per heavy atom. The number of nitrogen functional groups attached to an aromatic ring is 1. The van der Waals surface area contributed by atoms with Crippen molar-refractivity contribution in [3.8, 4) is 0 Å². The van der Waals surface area contributed by atoms with Crippen molar-refractivity contribution in [2.45, 2.75) is 49.2 Å². The minimum Gasteiger partial charge on any atom is -0.394 e. The molecule has 2 saturated heterocycles. The van der Waals surface area contributed by atoms with E-state index in [1.807, 2.05) is 0 Å². The summed E-state index contributed by atoms with van der Waals surface area (Å²) in [5, 5.41) is 17.0. The van der Waals surface area contributed by atoms with Crippen LogP contribution in [0.4, 0.5) is 14.7 Å². The molecule has 0 bridgehead atoms. The highest BCUT2D eigenvalue weighted by molar-refractivity contribution is 8.39. The molecule has 2 aliphatic rings. The number of imidazole rings is 1. The predicted molar refractivity (Wildman–Crippen MR) is 152 cm³/mol. The Morgan fingerprint density at radius 3 is 2.62 bits per heavy atom. The molecule has 2 unspecified atom stereocenters. The van der Waals surface area contributed by atoms with Crippen LogP contribution in [-0.4, -0.2) is 104 Å². The van der Waals surface area contributed by atoms with Crippen LogP contribution in [0.15, 0.2) is 22.2 Å². The van der Waals surface area contributed by atoms with Crippen LogP contribution in [0.3, 0.4) is 0 Å². The molecule has 0 aromatic carbocycles. The number of nitrogens with zero attached hydrogens (tertiary/aromatic N) is 7. The number of nitrogens with one attached hydrogen (secondary N) is 2. The van der Waals surface area contributed by atoms with Gasteiger partial charge in [0.15, 0.2) is 53.2 Å². The number of ether oxygens (including phenoxy) is 2. The van der Waals surface area contributed by atoms with Crippen LogP contribution in [-0.2, 0) is 39.4 Å². The van der Waals surface area contributed by atoms with Crippen molar-refractivity contribution in [2.75, 3.05) is 18.9 Å². The molecule has 0 amide bonds. The maximum atomic E-state index is 15.6. The van der Waals surface area contributed by atoms with Gasteiger partial charge in [-0.25, -0.2) is 18.7 Å². The average molecular weight is 714 g/mol. The molecule has 26 heteroatoms. The Morgan fingerprint density at radius 1 is 1.13 bits per heavy atom. The molecule has 6 N–H and O–H groups in total. The van der Waals surface area contributed by atoms with Gasteiger partial charge in [0.25, 0.3) is 11.1 Å². The number of thiol groups is 1. The first-order chi connectivity index (χ1) is 21.4. The molecule has 2 aliphatic heterocycles. The lowest BCUT2D eigenvalue weighted by Gasteiger charge is -2.26. The van der Waals surface area contributed by atoms with Gasteiger partial charge in [-0.05, 0) is 16.4 Å². The fraction of sp³-hybridized carbons (Fsp3) is 0.526. The number of nitrogens with two attached hydrogens (primary N) is 1. The molecule has 0 saturated carbocycles. The first-order valence-electron chi connectivity index (χ1n) is 12.6. The Hall–Kier alpha value is -2.89. The number of aliphatic hydroxyl groups is 1. The Kier molecular flexibility index (Phi) is 8.82. The van der Waals surface area contributed by atoms with E-state index in [0.717, 1.165) is 21.9 Å². The number of H-pyrrole nitrogens is 2. The van der Waals surface area contributed by atoms with Gasteiger partial charge >= 0.3 is 13.9 Å². The standard InChI is InChI=1S/C19H20F2N10O10P2S2/c20-7-5(1-32)38-18(30-4-25-9-14(30)26-19(22)27-16(9)34)12(7)41-43(36,45)37-2-6-11(40-42(35)44)8(21)17(39-6)31-13-10(28-29-31)15(33)24-3-23-13/h3-8,11-12,17-18,32H,1-2H2,(H5-,22,23,24,26,27,29,33,34,35,36,44,45)/p+1/t5-,6-,7+,8+,11-,12-,17-,18-,43?/m1/s1. The molecule has 0 spiro atoms. The van der Waals surface area contributed by atoms with Crippen LogP contribution in [0, 0.1) is 0 Å². The summed E-state index contributed by atoms with van der Waals surface area (Å²) in [4.78, 5) is 51.6. The summed E-state index contributed by atoms with van der Waals surface area (Å²) in [6, 6.07) is 0. The summed E-state index contributed by atoms with van der Waals surface area (Å²) < 4.78 is 72.0. The summed E-state index contributed by atoms with van der Waals surface area (Å²) in [6.45, 7) is -6.00. The first-order valence-corrected chi connectivity index (χ1v) is 17.5. The lowest BCUT2D eigenvalue weighted by Crippen LogP contribution is -2.34. The number of aromatic nitrogens is 9. The zero-order valence-electron chi connectivity index (χ0n) is 22.1.